The van der Waals surface area contributed by atoms with Gasteiger partial charge in [-0.25, -0.2) is 9.97 Å². The highest BCUT2D eigenvalue weighted by Crippen LogP contribution is 2.42. The van der Waals surface area contributed by atoms with Crippen molar-refractivity contribution >= 4 is 23.1 Å². The molecule has 0 saturated carbocycles. The number of aryl methyl sites for hydroxylation is 1. The van der Waals surface area contributed by atoms with Crippen molar-refractivity contribution in [2.45, 2.75) is 13.3 Å². The molecule has 4 heterocycles. The van der Waals surface area contributed by atoms with E-state index in [2.05, 4.69) is 27.9 Å². The number of rotatable bonds is 2. The first-order valence-electron chi connectivity index (χ1n) is 7.51. The molecule has 2 fully saturated rings. The normalized spacial score (nSPS) is 19.5. The molecule has 0 aromatic carbocycles. The predicted octanol–water partition coefficient (Wildman–Crippen LogP) is 2.20. The lowest BCUT2D eigenvalue weighted by atomic mass is 9.79. The van der Waals surface area contributed by atoms with Gasteiger partial charge in [-0.1, -0.05) is 6.07 Å². The number of likely N-dealkylation sites (tertiary alicyclic amines) is 1. The van der Waals surface area contributed by atoms with Crippen LogP contribution in [0.3, 0.4) is 0 Å². The maximum Gasteiger partial charge on any atom is 0.273 e. The van der Waals surface area contributed by atoms with Crippen LogP contribution in [0.4, 0.5) is 5.82 Å². The Morgan fingerprint density at radius 3 is 2.91 bits per heavy atom. The number of aromatic nitrogens is 2. The van der Waals surface area contributed by atoms with Gasteiger partial charge in [-0.3, -0.25) is 4.79 Å². The van der Waals surface area contributed by atoms with Crippen LogP contribution in [0.25, 0.3) is 0 Å². The number of anilines is 1. The van der Waals surface area contributed by atoms with Crippen molar-refractivity contribution in [1.82, 2.24) is 14.9 Å². The largest absolute Gasteiger partial charge is 0.355 e. The molecule has 0 aliphatic carbocycles. The molecule has 22 heavy (non-hydrogen) atoms. The number of hydrogen-bond acceptors (Lipinski definition) is 5. The van der Waals surface area contributed by atoms with Crippen molar-refractivity contribution in [3.05, 3.63) is 40.5 Å². The van der Waals surface area contributed by atoms with E-state index in [1.54, 1.807) is 5.51 Å². The van der Waals surface area contributed by atoms with E-state index in [4.69, 9.17) is 0 Å². The Labute approximate surface area is 133 Å². The summed E-state index contributed by atoms with van der Waals surface area (Å²) in [5, 5.41) is 1.83. The van der Waals surface area contributed by atoms with Crippen molar-refractivity contribution < 1.29 is 4.79 Å². The minimum Gasteiger partial charge on any atom is -0.355 e. The highest BCUT2D eigenvalue weighted by atomic mass is 32.1. The van der Waals surface area contributed by atoms with Crippen LogP contribution in [0.2, 0.25) is 0 Å². The van der Waals surface area contributed by atoms with Crippen molar-refractivity contribution in [3.63, 3.8) is 0 Å². The summed E-state index contributed by atoms with van der Waals surface area (Å²) in [4.78, 5) is 25.3. The van der Waals surface area contributed by atoms with Gasteiger partial charge >= 0.3 is 0 Å². The van der Waals surface area contributed by atoms with Crippen molar-refractivity contribution in [3.8, 4) is 0 Å². The zero-order valence-corrected chi connectivity index (χ0v) is 13.3. The fraction of sp³-hybridized carbons (Fsp3) is 0.438. The van der Waals surface area contributed by atoms with Gasteiger partial charge in [-0.15, -0.1) is 11.3 Å². The van der Waals surface area contributed by atoms with Crippen LogP contribution in [0.5, 0.6) is 0 Å². The molecule has 2 aromatic rings. The van der Waals surface area contributed by atoms with Crippen LogP contribution < -0.4 is 4.90 Å². The third-order valence-corrected chi connectivity index (χ3v) is 5.30. The maximum absolute atomic E-state index is 12.4. The molecule has 0 N–H and O–H groups in total. The average molecular weight is 314 g/mol. The van der Waals surface area contributed by atoms with E-state index < -0.39 is 0 Å². The summed E-state index contributed by atoms with van der Waals surface area (Å²) in [5.74, 6) is 1.16. The van der Waals surface area contributed by atoms with E-state index in [9.17, 15) is 4.79 Å². The van der Waals surface area contributed by atoms with Crippen molar-refractivity contribution in [2.75, 3.05) is 31.1 Å². The Kier molecular flexibility index (Phi) is 3.14. The number of thiazole rings is 1. The molecule has 2 aromatic heterocycles. The van der Waals surface area contributed by atoms with Crippen LogP contribution in [-0.4, -0.2) is 47.0 Å². The van der Waals surface area contributed by atoms with E-state index in [-0.39, 0.29) is 11.3 Å². The first kappa shape index (κ1) is 13.7. The molecular weight excluding hydrogens is 296 g/mol. The van der Waals surface area contributed by atoms with Gasteiger partial charge in [0.15, 0.2) is 0 Å². The van der Waals surface area contributed by atoms with E-state index in [1.165, 1.54) is 16.9 Å². The zero-order chi connectivity index (χ0) is 15.2. The summed E-state index contributed by atoms with van der Waals surface area (Å²) >= 11 is 1.47. The topological polar surface area (TPSA) is 49.3 Å². The second-order valence-corrected chi connectivity index (χ2v) is 7.07. The molecule has 1 spiro atoms. The Hall–Kier alpha value is -1.95. The highest BCUT2D eigenvalue weighted by Gasteiger charge is 2.49. The second-order valence-electron chi connectivity index (χ2n) is 6.35. The smallest absolute Gasteiger partial charge is 0.273 e. The third-order valence-electron chi connectivity index (χ3n) is 4.71. The standard InChI is InChI=1S/C16H18N4OS/c1-12-3-2-5-17-14(12)20-9-16(10-20)4-6-19(8-16)15(21)13-7-22-11-18-13/h2-3,5,7,11H,4,6,8-10H2,1H3. The third kappa shape index (κ3) is 2.18. The lowest BCUT2D eigenvalue weighted by Crippen LogP contribution is -2.58. The molecule has 4 rings (SSSR count). The average Bonchev–Trinajstić information content (AvgIpc) is 3.15. The molecule has 6 heteroatoms. The van der Waals surface area contributed by atoms with Crippen molar-refractivity contribution in [1.29, 1.82) is 0 Å². The Bertz CT molecular complexity index is 694. The van der Waals surface area contributed by atoms with Gasteiger partial charge in [0.1, 0.15) is 11.5 Å². The van der Waals surface area contributed by atoms with Gasteiger partial charge in [-0.2, -0.15) is 0 Å². The number of pyridine rings is 1. The Morgan fingerprint density at radius 1 is 1.32 bits per heavy atom. The number of nitrogens with zero attached hydrogens (tertiary/aromatic N) is 4. The minimum absolute atomic E-state index is 0.0746. The van der Waals surface area contributed by atoms with E-state index in [1.807, 2.05) is 22.5 Å². The van der Waals surface area contributed by atoms with E-state index in [0.29, 0.717) is 5.69 Å². The molecule has 5 nitrogen and oxygen atoms in total. The van der Waals surface area contributed by atoms with E-state index in [0.717, 1.165) is 38.4 Å². The first-order chi connectivity index (χ1) is 10.7. The molecule has 114 valence electrons. The minimum atomic E-state index is 0.0746. The van der Waals surface area contributed by atoms with Gasteiger partial charge in [0, 0.05) is 43.2 Å². The monoisotopic (exact) mass is 314 g/mol. The van der Waals surface area contributed by atoms with Gasteiger partial charge < -0.3 is 9.80 Å². The van der Waals surface area contributed by atoms with Crippen LogP contribution >= 0.6 is 11.3 Å². The van der Waals surface area contributed by atoms with E-state index >= 15 is 0 Å². The van der Waals surface area contributed by atoms with Crippen LogP contribution in [-0.2, 0) is 0 Å². The molecule has 1 amide bonds. The molecule has 2 saturated heterocycles. The zero-order valence-electron chi connectivity index (χ0n) is 12.5. The molecule has 0 unspecified atom stereocenters. The number of carbonyl (C=O) groups excluding carboxylic acids is 1. The fourth-order valence-corrected chi connectivity index (χ4v) is 4.09. The number of amides is 1. The van der Waals surface area contributed by atoms with Crippen LogP contribution in [0.1, 0.15) is 22.5 Å². The quantitative estimate of drug-likeness (QED) is 0.853. The van der Waals surface area contributed by atoms with Gasteiger partial charge in [-0.05, 0) is 25.0 Å². The molecule has 2 aliphatic heterocycles. The van der Waals surface area contributed by atoms with Crippen LogP contribution in [0, 0.1) is 12.3 Å². The lowest BCUT2D eigenvalue weighted by molar-refractivity contribution is 0.0758. The highest BCUT2D eigenvalue weighted by molar-refractivity contribution is 7.07. The van der Waals surface area contributed by atoms with Gasteiger partial charge in [0.2, 0.25) is 0 Å². The Balaban J connectivity index is 1.42. The van der Waals surface area contributed by atoms with Gasteiger partial charge in [0.25, 0.3) is 5.91 Å². The molecule has 0 radical (unpaired) electrons. The predicted molar refractivity (Wildman–Crippen MR) is 86.3 cm³/mol. The van der Waals surface area contributed by atoms with Crippen molar-refractivity contribution in [2.24, 2.45) is 5.41 Å². The summed E-state index contributed by atoms with van der Waals surface area (Å²) in [6.45, 7) is 5.76. The summed E-state index contributed by atoms with van der Waals surface area (Å²) in [6, 6.07) is 4.07. The number of hydrogen-bond donors (Lipinski definition) is 0. The second kappa shape index (κ2) is 5.05. The lowest BCUT2D eigenvalue weighted by Gasteiger charge is -2.49. The summed E-state index contributed by atoms with van der Waals surface area (Å²) in [5.41, 5.74) is 3.76. The van der Waals surface area contributed by atoms with Gasteiger partial charge in [0.05, 0.1) is 5.51 Å². The number of carbonyl (C=O) groups is 1. The summed E-state index contributed by atoms with van der Waals surface area (Å²) in [7, 11) is 0. The van der Waals surface area contributed by atoms with Crippen LogP contribution in [0.15, 0.2) is 29.2 Å². The maximum atomic E-state index is 12.4. The molecular formula is C16H18N4OS. The first-order valence-corrected chi connectivity index (χ1v) is 8.45. The Morgan fingerprint density at radius 2 is 2.18 bits per heavy atom. The molecule has 0 atom stereocenters. The SMILES string of the molecule is Cc1cccnc1N1CC2(CCN(C(=O)c3cscn3)C2)C1. The summed E-state index contributed by atoms with van der Waals surface area (Å²) < 4.78 is 0. The fourth-order valence-electron chi connectivity index (χ4n) is 3.57. The molecule has 2 aliphatic rings. The molecule has 0 bridgehead atoms. The summed E-state index contributed by atoms with van der Waals surface area (Å²) in [6.07, 6.45) is 2.92.